The first-order valence-corrected chi connectivity index (χ1v) is 12.5. The fourth-order valence-corrected chi connectivity index (χ4v) is 5.24. The lowest BCUT2D eigenvalue weighted by atomic mass is 10.2. The minimum atomic E-state index is -4.30. The number of hydrogen-bond acceptors (Lipinski definition) is 4. The van der Waals surface area contributed by atoms with Crippen LogP contribution in [0.1, 0.15) is 11.3 Å². The van der Waals surface area contributed by atoms with Crippen LogP contribution in [0.5, 0.6) is 0 Å². The molecular weight excluding hydrogens is 483 g/mol. The molecule has 10 heteroatoms. The standard InChI is InChI=1S/C26H25FN4O4S/c1-18-13-15-21(16-14-18)36(34,35)30(23-12-8-7-11-22(23)27)17-24(32)28-25-19(2)29(3)31(26(25)33)20-9-5-4-6-10-20/h4-16H,17H2,1-3H3,(H,28,32). The van der Waals surface area contributed by atoms with Crippen molar-refractivity contribution in [3.05, 3.63) is 106 Å². The van der Waals surface area contributed by atoms with Gasteiger partial charge in [0.15, 0.2) is 0 Å². The van der Waals surface area contributed by atoms with Crippen LogP contribution in [-0.2, 0) is 21.9 Å². The third-order valence-corrected chi connectivity index (χ3v) is 7.61. The predicted octanol–water partition coefficient (Wildman–Crippen LogP) is 3.77. The van der Waals surface area contributed by atoms with Gasteiger partial charge in [-0.15, -0.1) is 0 Å². The van der Waals surface area contributed by atoms with Gasteiger partial charge in [-0.1, -0.05) is 48.0 Å². The highest BCUT2D eigenvalue weighted by atomic mass is 32.2. The number of nitrogens with zero attached hydrogens (tertiary/aromatic N) is 3. The van der Waals surface area contributed by atoms with E-state index in [-0.39, 0.29) is 16.3 Å². The quantitative estimate of drug-likeness (QED) is 0.411. The van der Waals surface area contributed by atoms with E-state index in [0.717, 1.165) is 11.6 Å². The minimum Gasteiger partial charge on any atom is -0.318 e. The van der Waals surface area contributed by atoms with Gasteiger partial charge in [0.05, 0.1) is 22.0 Å². The highest BCUT2D eigenvalue weighted by Gasteiger charge is 2.30. The summed E-state index contributed by atoms with van der Waals surface area (Å²) in [6.45, 7) is 2.73. The zero-order chi connectivity index (χ0) is 26.0. The van der Waals surface area contributed by atoms with Crippen LogP contribution < -0.4 is 15.2 Å². The molecule has 1 amide bonds. The van der Waals surface area contributed by atoms with Gasteiger partial charge in [0.25, 0.3) is 15.6 Å². The van der Waals surface area contributed by atoms with Crippen molar-refractivity contribution in [2.45, 2.75) is 18.7 Å². The Bertz CT molecular complexity index is 1580. The Kier molecular flexibility index (Phi) is 6.80. The number of halogens is 1. The van der Waals surface area contributed by atoms with Crippen molar-refractivity contribution in [3.8, 4) is 5.69 Å². The molecule has 1 aromatic heterocycles. The molecule has 4 rings (SSSR count). The highest BCUT2D eigenvalue weighted by Crippen LogP contribution is 2.26. The molecule has 0 radical (unpaired) electrons. The van der Waals surface area contributed by atoms with Gasteiger partial charge in [-0.2, -0.15) is 0 Å². The Hall–Kier alpha value is -4.18. The van der Waals surface area contributed by atoms with Gasteiger partial charge in [-0.3, -0.25) is 18.6 Å². The predicted molar refractivity (Wildman–Crippen MR) is 136 cm³/mol. The molecule has 0 atom stereocenters. The second-order valence-corrected chi connectivity index (χ2v) is 10.1. The molecule has 1 N–H and O–H groups in total. The van der Waals surface area contributed by atoms with Crippen LogP contribution in [0.3, 0.4) is 0 Å². The van der Waals surface area contributed by atoms with Crippen molar-refractivity contribution in [3.63, 3.8) is 0 Å². The SMILES string of the molecule is Cc1ccc(S(=O)(=O)N(CC(=O)Nc2c(C)n(C)n(-c3ccccc3)c2=O)c2ccccc2F)cc1. The highest BCUT2D eigenvalue weighted by molar-refractivity contribution is 7.92. The number of aromatic nitrogens is 2. The molecule has 0 fully saturated rings. The van der Waals surface area contributed by atoms with Crippen LogP contribution >= 0.6 is 0 Å². The molecule has 0 bridgehead atoms. The number of nitrogens with one attached hydrogen (secondary N) is 1. The monoisotopic (exact) mass is 508 g/mol. The van der Waals surface area contributed by atoms with Gasteiger partial charge in [-0.05, 0) is 50.2 Å². The zero-order valence-electron chi connectivity index (χ0n) is 20.0. The number of anilines is 2. The van der Waals surface area contributed by atoms with Crippen LogP contribution in [0.4, 0.5) is 15.8 Å². The minimum absolute atomic E-state index is 0.00701. The third-order valence-electron chi connectivity index (χ3n) is 5.84. The van der Waals surface area contributed by atoms with E-state index in [1.165, 1.54) is 35.0 Å². The molecular formula is C26H25FN4O4S. The molecule has 0 saturated carbocycles. The summed E-state index contributed by atoms with van der Waals surface area (Å²) in [4.78, 5) is 26.2. The lowest BCUT2D eigenvalue weighted by molar-refractivity contribution is -0.114. The first-order valence-electron chi connectivity index (χ1n) is 11.1. The van der Waals surface area contributed by atoms with Gasteiger partial charge in [0.1, 0.15) is 18.0 Å². The zero-order valence-corrected chi connectivity index (χ0v) is 20.8. The van der Waals surface area contributed by atoms with Crippen LogP contribution in [0.2, 0.25) is 0 Å². The molecule has 36 heavy (non-hydrogen) atoms. The van der Waals surface area contributed by atoms with E-state index >= 15 is 0 Å². The van der Waals surface area contributed by atoms with Gasteiger partial charge in [0, 0.05) is 7.05 Å². The number of carbonyl (C=O) groups excluding carboxylic acids is 1. The summed E-state index contributed by atoms with van der Waals surface area (Å²) in [5.41, 5.74) is 1.17. The van der Waals surface area contributed by atoms with E-state index < -0.39 is 33.9 Å². The number of amides is 1. The summed E-state index contributed by atoms with van der Waals surface area (Å²) in [7, 11) is -2.63. The normalized spacial score (nSPS) is 11.3. The molecule has 1 heterocycles. The maximum atomic E-state index is 14.7. The molecule has 0 spiro atoms. The van der Waals surface area contributed by atoms with E-state index in [1.807, 2.05) is 13.0 Å². The molecule has 3 aromatic carbocycles. The number of carbonyl (C=O) groups is 1. The number of aryl methyl sites for hydroxylation is 1. The molecule has 186 valence electrons. The Morgan fingerprint density at radius 3 is 2.19 bits per heavy atom. The summed E-state index contributed by atoms with van der Waals surface area (Å²) in [6.07, 6.45) is 0. The summed E-state index contributed by atoms with van der Waals surface area (Å²) < 4.78 is 45.3. The fraction of sp³-hybridized carbons (Fsp3) is 0.154. The molecule has 0 unspecified atom stereocenters. The van der Waals surface area contributed by atoms with Crippen molar-refractivity contribution in [1.82, 2.24) is 9.36 Å². The Morgan fingerprint density at radius 1 is 0.944 bits per heavy atom. The average molecular weight is 509 g/mol. The number of para-hydroxylation sites is 2. The number of rotatable bonds is 7. The summed E-state index contributed by atoms with van der Waals surface area (Å²) in [6, 6.07) is 20.2. The Balaban J connectivity index is 1.71. The number of sulfonamides is 1. The van der Waals surface area contributed by atoms with E-state index in [9.17, 15) is 22.4 Å². The van der Waals surface area contributed by atoms with E-state index in [1.54, 1.807) is 55.1 Å². The van der Waals surface area contributed by atoms with E-state index in [2.05, 4.69) is 5.32 Å². The molecule has 8 nitrogen and oxygen atoms in total. The molecule has 0 saturated heterocycles. The van der Waals surface area contributed by atoms with Crippen molar-refractivity contribution < 1.29 is 17.6 Å². The first-order chi connectivity index (χ1) is 17.1. The van der Waals surface area contributed by atoms with Crippen LogP contribution in [0, 0.1) is 19.7 Å². The second-order valence-electron chi connectivity index (χ2n) is 8.26. The number of benzene rings is 3. The maximum Gasteiger partial charge on any atom is 0.295 e. The van der Waals surface area contributed by atoms with Gasteiger partial charge >= 0.3 is 0 Å². The maximum absolute atomic E-state index is 14.7. The van der Waals surface area contributed by atoms with Crippen LogP contribution in [0.25, 0.3) is 5.69 Å². The van der Waals surface area contributed by atoms with Crippen molar-refractivity contribution in [2.24, 2.45) is 7.05 Å². The van der Waals surface area contributed by atoms with E-state index in [4.69, 9.17) is 0 Å². The van der Waals surface area contributed by atoms with Gasteiger partial charge in [-0.25, -0.2) is 17.5 Å². The van der Waals surface area contributed by atoms with Gasteiger partial charge in [0.2, 0.25) is 5.91 Å². The second kappa shape index (κ2) is 9.82. The molecule has 0 aliphatic carbocycles. The lowest BCUT2D eigenvalue weighted by Gasteiger charge is -2.24. The fourth-order valence-electron chi connectivity index (χ4n) is 3.81. The van der Waals surface area contributed by atoms with Gasteiger partial charge < -0.3 is 5.32 Å². The summed E-state index contributed by atoms with van der Waals surface area (Å²) in [5.74, 6) is -1.59. The largest absolute Gasteiger partial charge is 0.318 e. The topological polar surface area (TPSA) is 93.4 Å². The third kappa shape index (κ3) is 4.67. The smallest absolute Gasteiger partial charge is 0.295 e. The average Bonchev–Trinajstić information content (AvgIpc) is 3.06. The van der Waals surface area contributed by atoms with E-state index in [0.29, 0.717) is 15.7 Å². The molecule has 4 aromatic rings. The summed E-state index contributed by atoms with van der Waals surface area (Å²) >= 11 is 0. The summed E-state index contributed by atoms with van der Waals surface area (Å²) in [5, 5.41) is 2.54. The Labute approximate surface area is 208 Å². The lowest BCUT2D eigenvalue weighted by Crippen LogP contribution is -2.39. The molecule has 0 aliphatic rings. The number of hydrogen-bond donors (Lipinski definition) is 1. The van der Waals surface area contributed by atoms with Crippen molar-refractivity contribution in [1.29, 1.82) is 0 Å². The van der Waals surface area contributed by atoms with Crippen molar-refractivity contribution in [2.75, 3.05) is 16.2 Å². The van der Waals surface area contributed by atoms with Crippen molar-refractivity contribution >= 4 is 27.3 Å². The first kappa shape index (κ1) is 24.9. The molecule has 0 aliphatic heterocycles. The van der Waals surface area contributed by atoms with Crippen LogP contribution in [-0.4, -0.2) is 30.2 Å². The van der Waals surface area contributed by atoms with Crippen LogP contribution in [0.15, 0.2) is 88.6 Å². The Morgan fingerprint density at radius 2 is 1.56 bits per heavy atom.